The molecule has 2 N–H and O–H groups in total. The van der Waals surface area contributed by atoms with Gasteiger partial charge in [0.15, 0.2) is 0 Å². The van der Waals surface area contributed by atoms with E-state index < -0.39 is 0 Å². The zero-order valence-electron chi connectivity index (χ0n) is 7.68. The van der Waals surface area contributed by atoms with Gasteiger partial charge < -0.3 is 5.73 Å². The van der Waals surface area contributed by atoms with E-state index in [2.05, 4.69) is 4.98 Å². The summed E-state index contributed by atoms with van der Waals surface area (Å²) in [4.78, 5) is 4.31. The number of aryl methyl sites for hydroxylation is 1. The molecule has 1 unspecified atom stereocenters. The molecule has 0 radical (unpaired) electrons. The highest BCUT2D eigenvalue weighted by Crippen LogP contribution is 2.32. The molecule has 70 valence electrons. The van der Waals surface area contributed by atoms with Gasteiger partial charge in [0.25, 0.3) is 0 Å². The Morgan fingerprint density at radius 2 is 2.31 bits per heavy atom. The van der Waals surface area contributed by atoms with Gasteiger partial charge in [-0.1, -0.05) is 17.7 Å². The monoisotopic (exact) mass is 196 g/mol. The van der Waals surface area contributed by atoms with E-state index in [1.807, 2.05) is 19.1 Å². The first-order chi connectivity index (χ1) is 6.09. The SMILES string of the molecule is CC1(N)CCCc2ccc(Cl)nc21. The molecule has 0 aromatic carbocycles. The van der Waals surface area contributed by atoms with Crippen molar-refractivity contribution in [3.05, 3.63) is 28.5 Å². The van der Waals surface area contributed by atoms with Crippen LogP contribution in [0.1, 0.15) is 31.0 Å². The molecule has 13 heavy (non-hydrogen) atoms. The number of fused-ring (bicyclic) bond motifs is 1. The molecule has 1 aliphatic carbocycles. The molecule has 0 spiro atoms. The van der Waals surface area contributed by atoms with Crippen molar-refractivity contribution < 1.29 is 0 Å². The number of hydrogen-bond acceptors (Lipinski definition) is 2. The van der Waals surface area contributed by atoms with Crippen LogP contribution in [0.2, 0.25) is 5.15 Å². The first-order valence-electron chi connectivity index (χ1n) is 4.54. The summed E-state index contributed by atoms with van der Waals surface area (Å²) in [5.41, 5.74) is 8.07. The van der Waals surface area contributed by atoms with Crippen molar-refractivity contribution in [2.75, 3.05) is 0 Å². The van der Waals surface area contributed by atoms with Crippen molar-refractivity contribution in [1.29, 1.82) is 0 Å². The molecule has 1 atom stereocenters. The maximum absolute atomic E-state index is 6.14. The van der Waals surface area contributed by atoms with Crippen molar-refractivity contribution in [2.45, 2.75) is 31.7 Å². The Hall–Kier alpha value is -0.600. The van der Waals surface area contributed by atoms with Crippen LogP contribution < -0.4 is 5.73 Å². The lowest BCUT2D eigenvalue weighted by Gasteiger charge is -2.30. The summed E-state index contributed by atoms with van der Waals surface area (Å²) in [5, 5.41) is 0.539. The first kappa shape index (κ1) is 8.97. The smallest absolute Gasteiger partial charge is 0.129 e. The van der Waals surface area contributed by atoms with Gasteiger partial charge in [-0.2, -0.15) is 0 Å². The molecule has 2 nitrogen and oxygen atoms in total. The van der Waals surface area contributed by atoms with Crippen molar-refractivity contribution in [1.82, 2.24) is 4.98 Å². The van der Waals surface area contributed by atoms with Gasteiger partial charge in [-0.3, -0.25) is 0 Å². The van der Waals surface area contributed by atoms with E-state index in [9.17, 15) is 0 Å². The molecule has 3 heteroatoms. The van der Waals surface area contributed by atoms with E-state index in [0.29, 0.717) is 5.15 Å². The molecule has 0 saturated carbocycles. The number of nitrogens with zero attached hydrogens (tertiary/aromatic N) is 1. The predicted molar refractivity (Wildman–Crippen MR) is 53.7 cm³/mol. The number of halogens is 1. The van der Waals surface area contributed by atoms with Gasteiger partial charge >= 0.3 is 0 Å². The minimum atomic E-state index is -0.293. The fraction of sp³-hybridized carbons (Fsp3) is 0.500. The Morgan fingerprint density at radius 3 is 3.08 bits per heavy atom. The molecular formula is C10H13ClN2. The van der Waals surface area contributed by atoms with Gasteiger partial charge in [-0.05, 0) is 37.8 Å². The van der Waals surface area contributed by atoms with Crippen LogP contribution in [0.5, 0.6) is 0 Å². The molecule has 1 aromatic rings. The Morgan fingerprint density at radius 1 is 1.54 bits per heavy atom. The van der Waals surface area contributed by atoms with E-state index in [0.717, 1.165) is 25.0 Å². The van der Waals surface area contributed by atoms with Gasteiger partial charge in [-0.25, -0.2) is 4.98 Å². The third-order valence-electron chi connectivity index (χ3n) is 2.63. The lowest BCUT2D eigenvalue weighted by molar-refractivity contribution is 0.396. The van der Waals surface area contributed by atoms with Crippen LogP contribution in [0.15, 0.2) is 12.1 Å². The second-order valence-corrected chi connectivity index (χ2v) is 4.30. The predicted octanol–water partition coefficient (Wildman–Crippen LogP) is 2.25. The number of pyridine rings is 1. The third kappa shape index (κ3) is 1.56. The summed E-state index contributed by atoms with van der Waals surface area (Å²) in [5.74, 6) is 0. The van der Waals surface area contributed by atoms with Crippen LogP contribution >= 0.6 is 11.6 Å². The van der Waals surface area contributed by atoms with E-state index >= 15 is 0 Å². The quantitative estimate of drug-likeness (QED) is 0.647. The van der Waals surface area contributed by atoms with Crippen molar-refractivity contribution in [2.24, 2.45) is 5.73 Å². The van der Waals surface area contributed by atoms with E-state index in [1.165, 1.54) is 5.56 Å². The zero-order valence-corrected chi connectivity index (χ0v) is 8.43. The van der Waals surface area contributed by atoms with Gasteiger partial charge in [-0.15, -0.1) is 0 Å². The van der Waals surface area contributed by atoms with Crippen LogP contribution in [0.4, 0.5) is 0 Å². The average Bonchev–Trinajstić information content (AvgIpc) is 2.06. The summed E-state index contributed by atoms with van der Waals surface area (Å²) >= 11 is 5.84. The molecule has 0 aliphatic heterocycles. The fourth-order valence-electron chi connectivity index (χ4n) is 1.92. The van der Waals surface area contributed by atoms with Gasteiger partial charge in [0.2, 0.25) is 0 Å². The minimum absolute atomic E-state index is 0.293. The van der Waals surface area contributed by atoms with E-state index in [4.69, 9.17) is 17.3 Å². The van der Waals surface area contributed by atoms with Gasteiger partial charge in [0, 0.05) is 0 Å². The minimum Gasteiger partial charge on any atom is -0.320 e. The van der Waals surface area contributed by atoms with Crippen LogP contribution in [-0.4, -0.2) is 4.98 Å². The largest absolute Gasteiger partial charge is 0.320 e. The van der Waals surface area contributed by atoms with Crippen molar-refractivity contribution in [3.8, 4) is 0 Å². The van der Waals surface area contributed by atoms with Crippen LogP contribution in [0.25, 0.3) is 0 Å². The first-order valence-corrected chi connectivity index (χ1v) is 4.92. The highest BCUT2D eigenvalue weighted by atomic mass is 35.5. The molecule has 0 bridgehead atoms. The van der Waals surface area contributed by atoms with E-state index in [1.54, 1.807) is 0 Å². The Labute approximate surface area is 83.1 Å². The third-order valence-corrected chi connectivity index (χ3v) is 2.84. The second-order valence-electron chi connectivity index (χ2n) is 3.91. The highest BCUT2D eigenvalue weighted by molar-refractivity contribution is 6.29. The summed E-state index contributed by atoms with van der Waals surface area (Å²) in [6.45, 7) is 2.02. The number of aromatic nitrogens is 1. The normalized spacial score (nSPS) is 27.0. The molecule has 1 heterocycles. The molecular weight excluding hydrogens is 184 g/mol. The standard InChI is InChI=1S/C10H13ClN2/c1-10(12)6-2-3-7-4-5-8(11)13-9(7)10/h4-5H,2-3,6,12H2,1H3. The maximum Gasteiger partial charge on any atom is 0.129 e. The highest BCUT2D eigenvalue weighted by Gasteiger charge is 2.29. The number of hydrogen-bond donors (Lipinski definition) is 1. The Kier molecular flexibility index (Phi) is 2.05. The number of nitrogens with two attached hydrogens (primary N) is 1. The Balaban J connectivity index is 2.55. The number of rotatable bonds is 0. The van der Waals surface area contributed by atoms with Gasteiger partial charge in [0.1, 0.15) is 5.15 Å². The average molecular weight is 197 g/mol. The molecule has 0 saturated heterocycles. The van der Waals surface area contributed by atoms with Crippen molar-refractivity contribution >= 4 is 11.6 Å². The lowest BCUT2D eigenvalue weighted by Crippen LogP contribution is -2.37. The van der Waals surface area contributed by atoms with Crippen LogP contribution in [-0.2, 0) is 12.0 Å². The van der Waals surface area contributed by atoms with Gasteiger partial charge in [0.05, 0.1) is 11.2 Å². The summed E-state index contributed by atoms with van der Waals surface area (Å²) in [6.07, 6.45) is 3.21. The molecule has 1 aromatic heterocycles. The Bertz CT molecular complexity index is 334. The summed E-state index contributed by atoms with van der Waals surface area (Å²) in [7, 11) is 0. The zero-order chi connectivity index (χ0) is 9.47. The van der Waals surface area contributed by atoms with Crippen LogP contribution in [0.3, 0.4) is 0 Å². The summed E-state index contributed by atoms with van der Waals surface area (Å²) < 4.78 is 0. The van der Waals surface area contributed by atoms with Crippen molar-refractivity contribution in [3.63, 3.8) is 0 Å². The topological polar surface area (TPSA) is 38.9 Å². The molecule has 1 aliphatic rings. The second kappa shape index (κ2) is 2.96. The molecule has 0 amide bonds. The maximum atomic E-state index is 6.14. The molecule has 0 fully saturated rings. The van der Waals surface area contributed by atoms with Crippen LogP contribution in [0, 0.1) is 0 Å². The van der Waals surface area contributed by atoms with E-state index in [-0.39, 0.29) is 5.54 Å². The molecule has 2 rings (SSSR count). The lowest BCUT2D eigenvalue weighted by atomic mass is 9.82. The fourth-order valence-corrected chi connectivity index (χ4v) is 2.07. The summed E-state index contributed by atoms with van der Waals surface area (Å²) in [6, 6.07) is 3.87.